The molecular weight excluding hydrogens is 262 g/mol. The van der Waals surface area contributed by atoms with Crippen LogP contribution in [-0.2, 0) is 6.61 Å². The lowest BCUT2D eigenvalue weighted by Gasteiger charge is -2.08. The minimum Gasteiger partial charge on any atom is -0.487 e. The number of rotatable bonds is 3. The smallest absolute Gasteiger partial charge is 0.138 e. The summed E-state index contributed by atoms with van der Waals surface area (Å²) in [5.41, 5.74) is 0.746. The molecular formula is C13H9Cl2FO. The zero-order valence-corrected chi connectivity index (χ0v) is 10.3. The predicted octanol–water partition coefficient (Wildman–Crippen LogP) is 4.71. The van der Waals surface area contributed by atoms with Crippen LogP contribution >= 0.6 is 23.2 Å². The molecule has 88 valence electrons. The molecule has 0 heterocycles. The second-order valence-electron chi connectivity index (χ2n) is 3.49. The van der Waals surface area contributed by atoms with Crippen molar-refractivity contribution >= 4 is 23.2 Å². The van der Waals surface area contributed by atoms with Gasteiger partial charge in [0.1, 0.15) is 18.2 Å². The summed E-state index contributed by atoms with van der Waals surface area (Å²) in [6, 6.07) is 11.2. The topological polar surface area (TPSA) is 9.23 Å². The highest BCUT2D eigenvalue weighted by Crippen LogP contribution is 2.28. The van der Waals surface area contributed by atoms with Gasteiger partial charge >= 0.3 is 0 Å². The molecule has 0 saturated heterocycles. The average molecular weight is 271 g/mol. The standard InChI is InChI=1S/C13H9Cl2FO/c14-10-4-5-13(12(15)7-10)17-8-9-2-1-3-11(16)6-9/h1-7H,8H2. The van der Waals surface area contributed by atoms with Crippen molar-refractivity contribution in [3.8, 4) is 5.75 Å². The van der Waals surface area contributed by atoms with Gasteiger partial charge in [-0.3, -0.25) is 0 Å². The molecule has 1 nitrogen and oxygen atoms in total. The number of halogens is 3. The first-order valence-corrected chi connectivity index (χ1v) is 5.73. The maximum Gasteiger partial charge on any atom is 0.138 e. The summed E-state index contributed by atoms with van der Waals surface area (Å²) in [4.78, 5) is 0. The molecule has 2 aromatic carbocycles. The minimum absolute atomic E-state index is 0.263. The second kappa shape index (κ2) is 5.39. The third-order valence-electron chi connectivity index (χ3n) is 2.18. The Balaban J connectivity index is 2.07. The summed E-state index contributed by atoms with van der Waals surface area (Å²) in [6.07, 6.45) is 0. The lowest BCUT2D eigenvalue weighted by molar-refractivity contribution is 0.306. The summed E-state index contributed by atoms with van der Waals surface area (Å²) in [7, 11) is 0. The number of hydrogen-bond donors (Lipinski definition) is 0. The van der Waals surface area contributed by atoms with Crippen molar-refractivity contribution in [2.45, 2.75) is 6.61 Å². The lowest BCUT2D eigenvalue weighted by Crippen LogP contribution is -1.96. The van der Waals surface area contributed by atoms with E-state index >= 15 is 0 Å². The van der Waals surface area contributed by atoms with Gasteiger partial charge in [0.05, 0.1) is 5.02 Å². The van der Waals surface area contributed by atoms with Gasteiger partial charge in [0.15, 0.2) is 0 Å². The van der Waals surface area contributed by atoms with Gasteiger partial charge in [-0.1, -0.05) is 35.3 Å². The predicted molar refractivity (Wildman–Crippen MR) is 67.2 cm³/mol. The van der Waals surface area contributed by atoms with E-state index in [9.17, 15) is 4.39 Å². The van der Waals surface area contributed by atoms with Crippen LogP contribution in [0.2, 0.25) is 10.0 Å². The van der Waals surface area contributed by atoms with Crippen molar-refractivity contribution in [3.05, 3.63) is 63.9 Å². The third-order valence-corrected chi connectivity index (χ3v) is 2.71. The van der Waals surface area contributed by atoms with Crippen LogP contribution in [-0.4, -0.2) is 0 Å². The molecule has 0 aromatic heterocycles. The Hall–Kier alpha value is -1.25. The van der Waals surface area contributed by atoms with Crippen LogP contribution in [0, 0.1) is 5.82 Å². The molecule has 0 bridgehead atoms. The molecule has 0 N–H and O–H groups in total. The molecule has 0 fully saturated rings. The van der Waals surface area contributed by atoms with E-state index in [-0.39, 0.29) is 12.4 Å². The van der Waals surface area contributed by atoms with E-state index in [2.05, 4.69) is 0 Å². The Morgan fingerprint density at radius 1 is 1.06 bits per heavy atom. The first kappa shape index (κ1) is 12.2. The number of benzene rings is 2. The van der Waals surface area contributed by atoms with Crippen molar-refractivity contribution in [2.24, 2.45) is 0 Å². The SMILES string of the molecule is Fc1cccc(COc2ccc(Cl)cc2Cl)c1. The van der Waals surface area contributed by atoms with Crippen molar-refractivity contribution in [3.63, 3.8) is 0 Å². The Morgan fingerprint density at radius 3 is 2.59 bits per heavy atom. The first-order chi connectivity index (χ1) is 8.15. The molecule has 0 aliphatic carbocycles. The first-order valence-electron chi connectivity index (χ1n) is 4.97. The highest BCUT2D eigenvalue weighted by Gasteiger charge is 2.03. The van der Waals surface area contributed by atoms with Crippen LogP contribution in [0.3, 0.4) is 0 Å². The fraction of sp³-hybridized carbons (Fsp3) is 0.0769. The summed E-state index contributed by atoms with van der Waals surface area (Å²) >= 11 is 11.7. The molecule has 0 atom stereocenters. The Kier molecular flexibility index (Phi) is 3.87. The van der Waals surface area contributed by atoms with Crippen molar-refractivity contribution < 1.29 is 9.13 Å². The zero-order chi connectivity index (χ0) is 12.3. The summed E-state index contributed by atoms with van der Waals surface area (Å²) in [6.45, 7) is 0.263. The van der Waals surface area contributed by atoms with Gasteiger partial charge in [0.25, 0.3) is 0 Å². The van der Waals surface area contributed by atoms with Gasteiger partial charge in [0, 0.05) is 5.02 Å². The summed E-state index contributed by atoms with van der Waals surface area (Å²) in [5, 5.41) is 0.988. The van der Waals surface area contributed by atoms with E-state index in [1.54, 1.807) is 30.3 Å². The quantitative estimate of drug-likeness (QED) is 0.785. The van der Waals surface area contributed by atoms with Crippen molar-refractivity contribution in [2.75, 3.05) is 0 Å². The normalized spacial score (nSPS) is 10.3. The lowest BCUT2D eigenvalue weighted by atomic mass is 10.2. The molecule has 0 spiro atoms. The maximum atomic E-state index is 12.9. The van der Waals surface area contributed by atoms with E-state index in [0.29, 0.717) is 15.8 Å². The zero-order valence-electron chi connectivity index (χ0n) is 8.79. The molecule has 2 aromatic rings. The molecule has 0 aliphatic rings. The van der Waals surface area contributed by atoms with Crippen molar-refractivity contribution in [1.29, 1.82) is 0 Å². The molecule has 17 heavy (non-hydrogen) atoms. The average Bonchev–Trinajstić information content (AvgIpc) is 2.28. The van der Waals surface area contributed by atoms with E-state index in [4.69, 9.17) is 27.9 Å². The van der Waals surface area contributed by atoms with Crippen LogP contribution in [0.15, 0.2) is 42.5 Å². The van der Waals surface area contributed by atoms with Crippen LogP contribution < -0.4 is 4.74 Å². The molecule has 0 unspecified atom stereocenters. The maximum absolute atomic E-state index is 12.9. The van der Waals surface area contributed by atoms with Crippen LogP contribution in [0.4, 0.5) is 4.39 Å². The fourth-order valence-corrected chi connectivity index (χ4v) is 1.84. The minimum atomic E-state index is -0.284. The van der Waals surface area contributed by atoms with E-state index in [1.165, 1.54) is 12.1 Å². The van der Waals surface area contributed by atoms with E-state index in [0.717, 1.165) is 5.56 Å². The van der Waals surface area contributed by atoms with Gasteiger partial charge in [0.2, 0.25) is 0 Å². The highest BCUT2D eigenvalue weighted by molar-refractivity contribution is 6.35. The van der Waals surface area contributed by atoms with Gasteiger partial charge < -0.3 is 4.74 Å². The van der Waals surface area contributed by atoms with E-state index in [1.807, 2.05) is 0 Å². The second-order valence-corrected chi connectivity index (χ2v) is 4.34. The Bertz CT molecular complexity index is 529. The highest BCUT2D eigenvalue weighted by atomic mass is 35.5. The molecule has 0 amide bonds. The number of hydrogen-bond acceptors (Lipinski definition) is 1. The molecule has 0 aliphatic heterocycles. The summed E-state index contributed by atoms with van der Waals surface area (Å²) in [5.74, 6) is 0.244. The Labute approximate surface area is 109 Å². The third kappa shape index (κ3) is 3.35. The van der Waals surface area contributed by atoms with Gasteiger partial charge in [-0.2, -0.15) is 0 Å². The largest absolute Gasteiger partial charge is 0.487 e. The molecule has 2 rings (SSSR count). The van der Waals surface area contributed by atoms with Crippen LogP contribution in [0.5, 0.6) is 5.75 Å². The van der Waals surface area contributed by atoms with Gasteiger partial charge in [-0.15, -0.1) is 0 Å². The van der Waals surface area contributed by atoms with E-state index < -0.39 is 0 Å². The van der Waals surface area contributed by atoms with Crippen LogP contribution in [0.25, 0.3) is 0 Å². The van der Waals surface area contributed by atoms with Crippen LogP contribution in [0.1, 0.15) is 5.56 Å². The summed E-state index contributed by atoms with van der Waals surface area (Å²) < 4.78 is 18.4. The molecule has 0 radical (unpaired) electrons. The fourth-order valence-electron chi connectivity index (χ4n) is 1.38. The van der Waals surface area contributed by atoms with Crippen molar-refractivity contribution in [1.82, 2.24) is 0 Å². The van der Waals surface area contributed by atoms with Gasteiger partial charge in [-0.05, 0) is 35.9 Å². The van der Waals surface area contributed by atoms with Gasteiger partial charge in [-0.25, -0.2) is 4.39 Å². The number of ether oxygens (including phenoxy) is 1. The molecule has 0 saturated carbocycles. The Morgan fingerprint density at radius 2 is 1.88 bits per heavy atom. The molecule has 4 heteroatoms. The monoisotopic (exact) mass is 270 g/mol.